The Balaban J connectivity index is 1.16. The van der Waals surface area contributed by atoms with Gasteiger partial charge in [-0.2, -0.15) is 0 Å². The lowest BCUT2D eigenvalue weighted by atomic mass is 9.78. The number of anilines is 4. The van der Waals surface area contributed by atoms with Crippen LogP contribution in [-0.2, 0) is 27.1 Å². The number of pyridine rings is 1. The summed E-state index contributed by atoms with van der Waals surface area (Å²) in [7, 11) is 0. The SMILES string of the molecule is CC(C)(C)c1cc(Oc2ccc3c4cc(C(C)(C)C)ccc4n(-c4cc(C(C)(C)C)ccn4)c3c2)cc(N2CN(c3cccc(C(C)(C)c4ccccc4)c3)c3ccc(C(C)(C)C)cc32)c1. The van der Waals surface area contributed by atoms with Crippen molar-refractivity contribution >= 4 is 44.6 Å². The molecular weight excluding hydrogens is 805 g/mol. The molecule has 5 nitrogen and oxygen atoms in total. The molecule has 3 heterocycles. The Hall–Kier alpha value is -6.33. The van der Waals surface area contributed by atoms with Crippen molar-refractivity contribution in [1.82, 2.24) is 9.55 Å². The van der Waals surface area contributed by atoms with Gasteiger partial charge in [-0.3, -0.25) is 4.57 Å². The Morgan fingerprint density at radius 3 is 1.73 bits per heavy atom. The van der Waals surface area contributed by atoms with Crippen LogP contribution in [0.3, 0.4) is 0 Å². The van der Waals surface area contributed by atoms with Crippen molar-refractivity contribution in [3.63, 3.8) is 0 Å². The van der Waals surface area contributed by atoms with E-state index in [0.717, 1.165) is 34.0 Å². The lowest BCUT2D eigenvalue weighted by molar-refractivity contribution is 0.479. The molecule has 0 amide bonds. The van der Waals surface area contributed by atoms with Gasteiger partial charge in [0.25, 0.3) is 0 Å². The molecule has 0 unspecified atom stereocenters. The number of fused-ring (bicyclic) bond motifs is 4. The molecule has 0 spiro atoms. The maximum Gasteiger partial charge on any atom is 0.137 e. The van der Waals surface area contributed by atoms with Crippen molar-refractivity contribution in [3.05, 3.63) is 179 Å². The van der Waals surface area contributed by atoms with Crippen molar-refractivity contribution < 1.29 is 4.74 Å². The molecule has 2 aromatic heterocycles. The molecule has 8 aromatic rings. The monoisotopic (exact) mass is 873 g/mol. The summed E-state index contributed by atoms with van der Waals surface area (Å²) in [6, 6.07) is 51.6. The normalized spacial score (nSPS) is 13.8. The number of aromatic nitrogens is 2. The summed E-state index contributed by atoms with van der Waals surface area (Å²) < 4.78 is 9.38. The number of hydrogen-bond donors (Lipinski definition) is 0. The largest absolute Gasteiger partial charge is 0.457 e. The first kappa shape index (κ1) is 44.9. The topological polar surface area (TPSA) is 33.5 Å². The van der Waals surface area contributed by atoms with Gasteiger partial charge < -0.3 is 14.5 Å². The maximum atomic E-state index is 7.06. The zero-order valence-electron chi connectivity index (χ0n) is 41.8. The Bertz CT molecular complexity index is 3110. The van der Waals surface area contributed by atoms with Gasteiger partial charge in [0.05, 0.1) is 22.4 Å². The highest BCUT2D eigenvalue weighted by Gasteiger charge is 2.33. The van der Waals surface area contributed by atoms with E-state index in [1.807, 2.05) is 6.20 Å². The zero-order chi connectivity index (χ0) is 47.1. The molecule has 0 atom stereocenters. The second-order valence-corrected chi connectivity index (χ2v) is 23.2. The molecule has 0 aliphatic carbocycles. The summed E-state index contributed by atoms with van der Waals surface area (Å²) >= 11 is 0. The van der Waals surface area contributed by atoms with Crippen molar-refractivity contribution in [2.75, 3.05) is 16.5 Å². The zero-order valence-corrected chi connectivity index (χ0v) is 41.8. The summed E-state index contributed by atoms with van der Waals surface area (Å²) in [5.41, 5.74) is 14.2. The average molecular weight is 873 g/mol. The average Bonchev–Trinajstić information content (AvgIpc) is 3.81. The van der Waals surface area contributed by atoms with E-state index in [-0.39, 0.29) is 27.1 Å². The standard InChI is InChI=1S/C61H68N4O/c1-57(2,3)41-23-27-52-51(34-41)50-26-25-48(38-54(50)65(52)56-36-43(29-30-62-56)59(7,8)9)66-49-33-45(60(10,11)12)32-47(37-49)64-39-63(53-28-24-42(35-55(53)64)58(4,5)6)46-22-18-21-44(31-46)61(13,14)40-19-16-15-17-20-40/h15-38H,39H2,1-14H3. The van der Waals surface area contributed by atoms with Crippen LogP contribution >= 0.6 is 0 Å². The smallest absolute Gasteiger partial charge is 0.137 e. The fraction of sp³-hybridized carbons (Fsp3) is 0.328. The third kappa shape index (κ3) is 8.38. The number of nitrogens with zero attached hydrogens (tertiary/aromatic N) is 4. The first-order valence-corrected chi connectivity index (χ1v) is 23.7. The molecule has 0 saturated heterocycles. The van der Waals surface area contributed by atoms with Gasteiger partial charge >= 0.3 is 0 Å². The Kier molecular flexibility index (Phi) is 10.8. The summed E-state index contributed by atoms with van der Waals surface area (Å²) in [6.07, 6.45) is 1.95. The Labute approximate surface area is 394 Å². The van der Waals surface area contributed by atoms with Crippen LogP contribution in [-0.4, -0.2) is 16.2 Å². The van der Waals surface area contributed by atoms with Crippen LogP contribution in [0.5, 0.6) is 11.5 Å². The van der Waals surface area contributed by atoms with E-state index in [4.69, 9.17) is 9.72 Å². The Morgan fingerprint density at radius 2 is 1.03 bits per heavy atom. The number of ether oxygens (including phenoxy) is 1. The highest BCUT2D eigenvalue weighted by molar-refractivity contribution is 6.10. The van der Waals surface area contributed by atoms with Crippen molar-refractivity contribution in [3.8, 4) is 17.3 Å². The van der Waals surface area contributed by atoms with E-state index in [0.29, 0.717) is 6.67 Å². The number of rotatable bonds is 7. The summed E-state index contributed by atoms with van der Waals surface area (Å²) in [5.74, 6) is 2.49. The van der Waals surface area contributed by atoms with Crippen LogP contribution in [0.25, 0.3) is 27.6 Å². The third-order valence-corrected chi connectivity index (χ3v) is 13.8. The quantitative estimate of drug-likeness (QED) is 0.160. The third-order valence-electron chi connectivity index (χ3n) is 13.8. The van der Waals surface area contributed by atoms with Gasteiger partial charge in [0, 0.05) is 45.9 Å². The molecule has 1 aliphatic rings. The van der Waals surface area contributed by atoms with E-state index < -0.39 is 0 Å². The number of benzene rings is 6. The van der Waals surface area contributed by atoms with Crippen LogP contribution in [0.1, 0.15) is 130 Å². The van der Waals surface area contributed by atoms with E-state index in [1.165, 1.54) is 61.2 Å². The van der Waals surface area contributed by atoms with Gasteiger partial charge in [-0.25, -0.2) is 4.98 Å². The predicted molar refractivity (Wildman–Crippen MR) is 280 cm³/mol. The maximum absolute atomic E-state index is 7.06. The minimum atomic E-state index is -0.164. The number of hydrogen-bond acceptors (Lipinski definition) is 4. The van der Waals surface area contributed by atoms with Crippen LogP contribution in [0.4, 0.5) is 22.7 Å². The van der Waals surface area contributed by atoms with E-state index in [9.17, 15) is 0 Å². The van der Waals surface area contributed by atoms with Gasteiger partial charge in [0.1, 0.15) is 24.0 Å². The van der Waals surface area contributed by atoms with Crippen molar-refractivity contribution in [2.45, 2.75) is 124 Å². The van der Waals surface area contributed by atoms with Gasteiger partial charge in [-0.1, -0.05) is 152 Å². The molecular formula is C61H68N4O. The molecule has 338 valence electrons. The molecule has 5 heteroatoms. The predicted octanol–water partition coefficient (Wildman–Crippen LogP) is 16.7. The minimum absolute atomic E-state index is 0.0103. The highest BCUT2D eigenvalue weighted by Crippen LogP contribution is 2.49. The molecule has 9 rings (SSSR count). The highest BCUT2D eigenvalue weighted by atomic mass is 16.5. The van der Waals surface area contributed by atoms with E-state index >= 15 is 0 Å². The molecule has 0 fully saturated rings. The molecule has 0 bridgehead atoms. The molecule has 0 saturated carbocycles. The molecule has 6 aromatic carbocycles. The first-order chi connectivity index (χ1) is 31.0. The van der Waals surface area contributed by atoms with Gasteiger partial charge in [-0.15, -0.1) is 0 Å². The molecule has 0 radical (unpaired) electrons. The van der Waals surface area contributed by atoms with E-state index in [2.05, 4.69) is 251 Å². The van der Waals surface area contributed by atoms with Gasteiger partial charge in [0.15, 0.2) is 0 Å². The summed E-state index contributed by atoms with van der Waals surface area (Å²) in [5, 5.41) is 2.39. The molecule has 66 heavy (non-hydrogen) atoms. The lowest BCUT2D eigenvalue weighted by Crippen LogP contribution is -2.25. The second kappa shape index (κ2) is 15.9. The molecule has 1 aliphatic heterocycles. The minimum Gasteiger partial charge on any atom is -0.457 e. The van der Waals surface area contributed by atoms with Crippen LogP contribution in [0, 0.1) is 0 Å². The summed E-state index contributed by atoms with van der Waals surface area (Å²) in [4.78, 5) is 9.93. The van der Waals surface area contributed by atoms with Gasteiger partial charge in [-0.05, 0) is 128 Å². The van der Waals surface area contributed by atoms with Gasteiger partial charge in [0.2, 0.25) is 0 Å². The fourth-order valence-corrected chi connectivity index (χ4v) is 9.41. The Morgan fingerprint density at radius 1 is 0.409 bits per heavy atom. The van der Waals surface area contributed by atoms with Crippen LogP contribution in [0.15, 0.2) is 146 Å². The first-order valence-electron chi connectivity index (χ1n) is 23.7. The fourth-order valence-electron chi connectivity index (χ4n) is 9.41. The van der Waals surface area contributed by atoms with Crippen molar-refractivity contribution in [1.29, 1.82) is 0 Å². The van der Waals surface area contributed by atoms with Crippen LogP contribution < -0.4 is 14.5 Å². The summed E-state index contributed by atoms with van der Waals surface area (Å²) in [6.45, 7) is 32.7. The van der Waals surface area contributed by atoms with E-state index in [1.54, 1.807) is 0 Å². The lowest BCUT2D eigenvalue weighted by Gasteiger charge is -2.29. The second-order valence-electron chi connectivity index (χ2n) is 23.2. The molecule has 0 N–H and O–H groups in total. The van der Waals surface area contributed by atoms with Crippen molar-refractivity contribution in [2.24, 2.45) is 0 Å². The van der Waals surface area contributed by atoms with Crippen LogP contribution in [0.2, 0.25) is 0 Å².